The average Bonchev–Trinajstić information content (AvgIpc) is 2.76. The summed E-state index contributed by atoms with van der Waals surface area (Å²) in [7, 11) is 1.41. The van der Waals surface area contributed by atoms with E-state index in [4.69, 9.17) is 31.5 Å². The Morgan fingerprint density at radius 2 is 1.97 bits per heavy atom. The Balaban J connectivity index is 1.82. The fraction of sp³-hybridized carbons (Fsp3) is 0.391. The number of primary amides is 1. The zero-order valence-electron chi connectivity index (χ0n) is 18.1. The molecule has 1 aliphatic heterocycles. The summed E-state index contributed by atoms with van der Waals surface area (Å²) in [6.07, 6.45) is -2.23. The third-order valence-electron chi connectivity index (χ3n) is 5.32. The number of alkyl halides is 1. The van der Waals surface area contributed by atoms with Crippen molar-refractivity contribution in [3.63, 3.8) is 0 Å². The van der Waals surface area contributed by atoms with E-state index in [0.29, 0.717) is 29.8 Å². The molecule has 0 saturated heterocycles. The minimum Gasteiger partial charge on any atom is -0.496 e. The number of fused-ring (bicyclic) bond motifs is 1. The number of benzene rings is 2. The van der Waals surface area contributed by atoms with Crippen LogP contribution in [0.4, 0.5) is 4.79 Å². The second-order valence-electron chi connectivity index (χ2n) is 8.04. The molecule has 3 atom stereocenters. The summed E-state index contributed by atoms with van der Waals surface area (Å²) in [6, 6.07) is 12.8. The van der Waals surface area contributed by atoms with Crippen LogP contribution in [-0.2, 0) is 16.0 Å². The molecule has 8 nitrogen and oxygen atoms in total. The molecule has 32 heavy (non-hydrogen) atoms. The lowest BCUT2D eigenvalue weighted by Crippen LogP contribution is -2.50. The summed E-state index contributed by atoms with van der Waals surface area (Å²) in [5.74, 6) is -0.174. The van der Waals surface area contributed by atoms with Crippen LogP contribution in [0.3, 0.4) is 0 Å². The molecule has 4 N–H and O–H groups in total. The van der Waals surface area contributed by atoms with Gasteiger partial charge in [0.05, 0.1) is 7.11 Å². The molecule has 172 valence electrons. The largest absolute Gasteiger partial charge is 0.496 e. The number of hydrogen-bond donors (Lipinski definition) is 3. The van der Waals surface area contributed by atoms with E-state index in [1.165, 1.54) is 19.2 Å². The van der Waals surface area contributed by atoms with Gasteiger partial charge >= 0.3 is 6.09 Å². The van der Waals surface area contributed by atoms with Gasteiger partial charge in [0.2, 0.25) is 5.91 Å². The number of carbonyl (C=O) groups excluding carboxylic acids is 2. The molecule has 0 bridgehead atoms. The van der Waals surface area contributed by atoms with E-state index < -0.39 is 35.2 Å². The van der Waals surface area contributed by atoms with Gasteiger partial charge in [0.25, 0.3) is 0 Å². The molecule has 0 saturated carbocycles. The van der Waals surface area contributed by atoms with Crippen LogP contribution in [0.1, 0.15) is 42.0 Å². The van der Waals surface area contributed by atoms with Crippen molar-refractivity contribution in [2.75, 3.05) is 13.7 Å². The van der Waals surface area contributed by atoms with Crippen molar-refractivity contribution in [3.05, 3.63) is 59.2 Å². The molecule has 0 aromatic heterocycles. The maximum Gasteiger partial charge on any atom is 0.407 e. The number of carbonyl (C=O) groups is 2. The van der Waals surface area contributed by atoms with Gasteiger partial charge in [0, 0.05) is 17.7 Å². The second-order valence-corrected chi connectivity index (χ2v) is 8.47. The number of nitrogens with two attached hydrogens (primary N) is 1. The van der Waals surface area contributed by atoms with Gasteiger partial charge < -0.3 is 30.4 Å². The average molecular weight is 463 g/mol. The van der Waals surface area contributed by atoms with E-state index in [9.17, 15) is 14.7 Å². The van der Waals surface area contributed by atoms with Crippen molar-refractivity contribution in [2.45, 2.75) is 43.5 Å². The minimum absolute atomic E-state index is 0.260. The molecule has 2 amide bonds. The molecule has 0 spiro atoms. The van der Waals surface area contributed by atoms with E-state index in [2.05, 4.69) is 5.32 Å². The molecule has 3 rings (SSSR count). The first kappa shape index (κ1) is 23.7. The van der Waals surface area contributed by atoms with Crippen molar-refractivity contribution >= 4 is 23.6 Å². The summed E-state index contributed by atoms with van der Waals surface area (Å²) in [5.41, 5.74) is 6.05. The number of rotatable bonds is 7. The molecular formula is C23H27ClN2O6. The van der Waals surface area contributed by atoms with Gasteiger partial charge in [0.1, 0.15) is 28.6 Å². The van der Waals surface area contributed by atoms with E-state index in [1.807, 2.05) is 30.3 Å². The highest BCUT2D eigenvalue weighted by Crippen LogP contribution is 2.46. The lowest BCUT2D eigenvalue weighted by atomic mass is 9.87. The number of aliphatic hydroxyl groups is 1. The van der Waals surface area contributed by atoms with Crippen LogP contribution in [-0.4, -0.2) is 42.5 Å². The summed E-state index contributed by atoms with van der Waals surface area (Å²) >= 11 is 6.14. The van der Waals surface area contributed by atoms with Gasteiger partial charge in [-0.1, -0.05) is 30.3 Å². The van der Waals surface area contributed by atoms with E-state index in [0.717, 1.165) is 5.56 Å². The Labute approximate surface area is 191 Å². The Morgan fingerprint density at radius 1 is 1.28 bits per heavy atom. The van der Waals surface area contributed by atoms with Gasteiger partial charge in [-0.05, 0) is 38.0 Å². The summed E-state index contributed by atoms with van der Waals surface area (Å²) in [4.78, 5) is 24.1. The van der Waals surface area contributed by atoms with Crippen LogP contribution >= 0.6 is 11.6 Å². The lowest BCUT2D eigenvalue weighted by Gasteiger charge is -2.41. The van der Waals surface area contributed by atoms with Crippen molar-refractivity contribution in [1.29, 1.82) is 0 Å². The molecule has 1 aliphatic rings. The van der Waals surface area contributed by atoms with Crippen LogP contribution in [0.2, 0.25) is 0 Å². The van der Waals surface area contributed by atoms with Gasteiger partial charge in [-0.15, -0.1) is 11.6 Å². The number of amides is 2. The van der Waals surface area contributed by atoms with Crippen LogP contribution in [0.5, 0.6) is 11.5 Å². The summed E-state index contributed by atoms with van der Waals surface area (Å²) in [5, 5.41) is 12.4. The molecule has 1 heterocycles. The Morgan fingerprint density at radius 3 is 2.59 bits per heavy atom. The lowest BCUT2D eigenvalue weighted by molar-refractivity contribution is -0.117. The number of aliphatic hydroxyl groups excluding tert-OH is 1. The minimum atomic E-state index is -1.16. The molecule has 0 radical (unpaired) electrons. The van der Waals surface area contributed by atoms with Crippen molar-refractivity contribution < 1.29 is 28.9 Å². The third kappa shape index (κ3) is 5.08. The van der Waals surface area contributed by atoms with Gasteiger partial charge in [-0.2, -0.15) is 0 Å². The van der Waals surface area contributed by atoms with Crippen molar-refractivity contribution in [1.82, 2.24) is 5.32 Å². The second kappa shape index (κ2) is 9.67. The predicted octanol–water partition coefficient (Wildman–Crippen LogP) is 3.00. The van der Waals surface area contributed by atoms with Crippen molar-refractivity contribution in [2.24, 2.45) is 5.73 Å². The van der Waals surface area contributed by atoms with Crippen LogP contribution in [0.25, 0.3) is 0 Å². The molecule has 0 fully saturated rings. The van der Waals surface area contributed by atoms with Crippen LogP contribution in [0, 0.1) is 0 Å². The maximum atomic E-state index is 12.5. The zero-order valence-corrected chi connectivity index (χ0v) is 18.9. The van der Waals surface area contributed by atoms with Crippen LogP contribution in [0.15, 0.2) is 42.5 Å². The summed E-state index contributed by atoms with van der Waals surface area (Å²) in [6.45, 7) is 3.70. The predicted molar refractivity (Wildman–Crippen MR) is 119 cm³/mol. The highest BCUT2D eigenvalue weighted by molar-refractivity contribution is 6.30. The van der Waals surface area contributed by atoms with Gasteiger partial charge in [-0.25, -0.2) is 4.79 Å². The fourth-order valence-corrected chi connectivity index (χ4v) is 3.72. The summed E-state index contributed by atoms with van der Waals surface area (Å²) < 4.78 is 16.9. The van der Waals surface area contributed by atoms with E-state index >= 15 is 0 Å². The van der Waals surface area contributed by atoms with E-state index in [1.54, 1.807) is 13.8 Å². The van der Waals surface area contributed by atoms with Crippen molar-refractivity contribution in [3.8, 4) is 11.5 Å². The molecule has 9 heteroatoms. The first-order valence-corrected chi connectivity index (χ1v) is 10.6. The Hall–Kier alpha value is -2.97. The molecule has 3 unspecified atom stereocenters. The maximum absolute atomic E-state index is 12.5. The van der Waals surface area contributed by atoms with E-state index in [-0.39, 0.29) is 5.75 Å². The quantitative estimate of drug-likeness (QED) is 0.544. The molecule has 2 aromatic rings. The number of methoxy groups -OCH3 is 1. The smallest absolute Gasteiger partial charge is 0.407 e. The molecular weight excluding hydrogens is 436 g/mol. The normalized spacial score (nSPS) is 19.8. The molecule has 2 aromatic carbocycles. The SMILES string of the molecule is COc1cc2c(cc1C(Cl)C(N)=O)OC(C)(C)C(O)C2OC(=O)NCCc1ccccc1. The highest BCUT2D eigenvalue weighted by Gasteiger charge is 2.46. The first-order chi connectivity index (χ1) is 15.1. The Bertz CT molecular complexity index is 982. The highest BCUT2D eigenvalue weighted by atomic mass is 35.5. The number of hydrogen-bond acceptors (Lipinski definition) is 6. The third-order valence-corrected chi connectivity index (χ3v) is 5.77. The Kier molecular flexibility index (Phi) is 7.16. The number of ether oxygens (including phenoxy) is 3. The zero-order chi connectivity index (χ0) is 23.5. The monoisotopic (exact) mass is 462 g/mol. The number of halogens is 1. The topological polar surface area (TPSA) is 120 Å². The standard InChI is InChI=1S/C23H27ClN2O6/c1-23(2)20(27)19(31-22(29)26-10-9-13-7-5-4-6-8-13)15-12-16(30-3)14(11-17(15)32-23)18(24)21(25)28/h4-8,11-12,18-20,27H,9-10H2,1-3H3,(H2,25,28)(H,26,29). The fourth-order valence-electron chi connectivity index (χ4n) is 3.55. The van der Waals surface area contributed by atoms with Crippen LogP contribution < -0.4 is 20.5 Å². The number of alkyl carbamates (subject to hydrolysis) is 1. The van der Waals surface area contributed by atoms with Gasteiger partial charge in [-0.3, -0.25) is 4.79 Å². The first-order valence-electron chi connectivity index (χ1n) is 10.1. The molecule has 0 aliphatic carbocycles. The van der Waals surface area contributed by atoms with Gasteiger partial charge in [0.15, 0.2) is 6.10 Å². The number of nitrogens with one attached hydrogen (secondary N) is 1.